The molecule has 0 bridgehead atoms. The van der Waals surface area contributed by atoms with Crippen molar-refractivity contribution >= 4 is 5.97 Å². The van der Waals surface area contributed by atoms with Crippen molar-refractivity contribution in [1.29, 1.82) is 0 Å². The molecule has 0 amide bonds. The second-order valence-corrected chi connectivity index (χ2v) is 4.76. The normalized spacial score (nSPS) is 19.6. The van der Waals surface area contributed by atoms with Gasteiger partial charge in [0.1, 0.15) is 5.75 Å². The van der Waals surface area contributed by atoms with E-state index in [4.69, 9.17) is 14.2 Å². The van der Waals surface area contributed by atoms with Gasteiger partial charge in [0.15, 0.2) is 6.10 Å². The van der Waals surface area contributed by atoms with Gasteiger partial charge in [0.2, 0.25) is 0 Å². The van der Waals surface area contributed by atoms with Crippen LogP contribution in [0.15, 0.2) is 12.1 Å². The van der Waals surface area contributed by atoms with Gasteiger partial charge >= 0.3 is 5.97 Å². The molecule has 1 aromatic rings. The second-order valence-electron chi connectivity index (χ2n) is 4.76. The Morgan fingerprint density at radius 1 is 1.50 bits per heavy atom. The van der Waals surface area contributed by atoms with Crippen LogP contribution in [0.1, 0.15) is 11.4 Å². The van der Waals surface area contributed by atoms with Crippen LogP contribution < -0.4 is 4.74 Å². The zero-order chi connectivity index (χ0) is 14.5. The molecule has 1 unspecified atom stereocenters. The topological polar surface area (TPSA) is 60.9 Å². The van der Waals surface area contributed by atoms with E-state index in [9.17, 15) is 4.79 Å². The Morgan fingerprint density at radius 3 is 3.00 bits per heavy atom. The molecule has 1 aliphatic heterocycles. The van der Waals surface area contributed by atoms with Gasteiger partial charge < -0.3 is 14.2 Å². The minimum Gasteiger partial charge on any atom is -0.497 e. The van der Waals surface area contributed by atoms with Crippen LogP contribution in [0.5, 0.6) is 5.75 Å². The maximum absolute atomic E-state index is 11.5. The first-order valence-electron chi connectivity index (χ1n) is 6.55. The summed E-state index contributed by atoms with van der Waals surface area (Å²) in [5.74, 6) is 0.467. The Labute approximate surface area is 118 Å². The predicted octanol–water partition coefficient (Wildman–Crippen LogP) is 0.772. The molecule has 2 heterocycles. The summed E-state index contributed by atoms with van der Waals surface area (Å²) in [6.07, 6.45) is -0.513. The molecule has 1 saturated heterocycles. The van der Waals surface area contributed by atoms with Gasteiger partial charge in [0.05, 0.1) is 26.5 Å². The molecule has 20 heavy (non-hydrogen) atoms. The molecule has 110 valence electrons. The summed E-state index contributed by atoms with van der Waals surface area (Å²) in [4.78, 5) is 18.1. The summed E-state index contributed by atoms with van der Waals surface area (Å²) < 4.78 is 15.4. The number of aromatic nitrogens is 1. The van der Waals surface area contributed by atoms with E-state index in [2.05, 4.69) is 9.88 Å². The van der Waals surface area contributed by atoms with E-state index < -0.39 is 6.10 Å². The Kier molecular flexibility index (Phi) is 4.92. The van der Waals surface area contributed by atoms with E-state index in [0.29, 0.717) is 19.7 Å². The van der Waals surface area contributed by atoms with Gasteiger partial charge in [-0.25, -0.2) is 4.79 Å². The van der Waals surface area contributed by atoms with Crippen molar-refractivity contribution in [2.24, 2.45) is 0 Å². The lowest BCUT2D eigenvalue weighted by Crippen LogP contribution is -2.46. The van der Waals surface area contributed by atoms with E-state index in [1.54, 1.807) is 7.11 Å². The highest BCUT2D eigenvalue weighted by Gasteiger charge is 2.27. The third-order valence-corrected chi connectivity index (χ3v) is 3.22. The van der Waals surface area contributed by atoms with Gasteiger partial charge in [-0.2, -0.15) is 0 Å². The van der Waals surface area contributed by atoms with Crippen molar-refractivity contribution < 1.29 is 19.0 Å². The van der Waals surface area contributed by atoms with Crippen LogP contribution in [0, 0.1) is 6.92 Å². The minimum atomic E-state index is -0.513. The Bertz CT molecular complexity index is 478. The number of pyridine rings is 1. The highest BCUT2D eigenvalue weighted by atomic mass is 16.6. The van der Waals surface area contributed by atoms with Gasteiger partial charge in [-0.15, -0.1) is 0 Å². The number of morpholine rings is 1. The van der Waals surface area contributed by atoms with Crippen molar-refractivity contribution in [3.63, 3.8) is 0 Å². The zero-order valence-electron chi connectivity index (χ0n) is 12.1. The molecular formula is C14H20N2O4. The molecule has 1 atom stereocenters. The fraction of sp³-hybridized carbons (Fsp3) is 0.571. The van der Waals surface area contributed by atoms with Gasteiger partial charge in [-0.1, -0.05) is 0 Å². The summed E-state index contributed by atoms with van der Waals surface area (Å²) in [6.45, 7) is 4.40. The average molecular weight is 280 g/mol. The maximum atomic E-state index is 11.5. The standard InChI is InChI=1S/C14H20N2O4/c1-10-6-12(18-2)7-11(15-10)8-16-4-5-20-13(9-16)14(17)19-3/h6-7,13H,4-5,8-9H2,1-3H3. The molecule has 0 aromatic carbocycles. The molecule has 1 aromatic heterocycles. The molecule has 1 fully saturated rings. The monoisotopic (exact) mass is 280 g/mol. The summed E-state index contributed by atoms with van der Waals surface area (Å²) in [6, 6.07) is 3.80. The molecule has 6 heteroatoms. The zero-order valence-corrected chi connectivity index (χ0v) is 12.1. The number of methoxy groups -OCH3 is 2. The first kappa shape index (κ1) is 14.7. The molecule has 2 rings (SSSR count). The van der Waals surface area contributed by atoms with E-state index in [1.807, 2.05) is 19.1 Å². The molecular weight excluding hydrogens is 260 g/mol. The summed E-state index contributed by atoms with van der Waals surface area (Å²) >= 11 is 0. The van der Waals surface area contributed by atoms with Crippen LogP contribution in [-0.2, 0) is 20.8 Å². The lowest BCUT2D eigenvalue weighted by atomic mass is 10.2. The third-order valence-electron chi connectivity index (χ3n) is 3.22. The van der Waals surface area contributed by atoms with Crippen LogP contribution in [-0.4, -0.2) is 55.9 Å². The number of ether oxygens (including phenoxy) is 3. The number of esters is 1. The quantitative estimate of drug-likeness (QED) is 0.759. The maximum Gasteiger partial charge on any atom is 0.336 e. The van der Waals surface area contributed by atoms with Crippen LogP contribution in [0.3, 0.4) is 0 Å². The van der Waals surface area contributed by atoms with E-state index in [0.717, 1.165) is 23.7 Å². The van der Waals surface area contributed by atoms with Crippen LogP contribution in [0.25, 0.3) is 0 Å². The number of aryl methyl sites for hydroxylation is 1. The molecule has 0 radical (unpaired) electrons. The van der Waals surface area contributed by atoms with E-state index >= 15 is 0 Å². The largest absolute Gasteiger partial charge is 0.497 e. The smallest absolute Gasteiger partial charge is 0.336 e. The van der Waals surface area contributed by atoms with Gasteiger partial charge in [-0.3, -0.25) is 9.88 Å². The van der Waals surface area contributed by atoms with Crippen molar-refractivity contribution in [1.82, 2.24) is 9.88 Å². The molecule has 6 nitrogen and oxygen atoms in total. The lowest BCUT2D eigenvalue weighted by Gasteiger charge is -2.31. The molecule has 0 aliphatic carbocycles. The Hall–Kier alpha value is -1.66. The Morgan fingerprint density at radius 2 is 2.30 bits per heavy atom. The highest BCUT2D eigenvalue weighted by Crippen LogP contribution is 2.16. The van der Waals surface area contributed by atoms with E-state index in [1.165, 1.54) is 7.11 Å². The summed E-state index contributed by atoms with van der Waals surface area (Å²) in [5, 5.41) is 0. The lowest BCUT2D eigenvalue weighted by molar-refractivity contribution is -0.160. The van der Waals surface area contributed by atoms with Crippen molar-refractivity contribution in [2.45, 2.75) is 19.6 Å². The number of carbonyl (C=O) groups excluding carboxylic acids is 1. The van der Waals surface area contributed by atoms with E-state index in [-0.39, 0.29) is 5.97 Å². The predicted molar refractivity (Wildman–Crippen MR) is 72.6 cm³/mol. The highest BCUT2D eigenvalue weighted by molar-refractivity contribution is 5.74. The van der Waals surface area contributed by atoms with Crippen molar-refractivity contribution in [3.05, 3.63) is 23.5 Å². The third kappa shape index (κ3) is 3.68. The van der Waals surface area contributed by atoms with Crippen molar-refractivity contribution in [3.8, 4) is 5.75 Å². The fourth-order valence-corrected chi connectivity index (χ4v) is 2.25. The SMILES string of the molecule is COC(=O)C1CN(Cc2cc(OC)cc(C)n2)CCO1. The molecule has 0 spiro atoms. The van der Waals surface area contributed by atoms with Crippen LogP contribution in [0.4, 0.5) is 0 Å². The van der Waals surface area contributed by atoms with Crippen LogP contribution >= 0.6 is 0 Å². The van der Waals surface area contributed by atoms with Crippen LogP contribution in [0.2, 0.25) is 0 Å². The number of hydrogen-bond donors (Lipinski definition) is 0. The van der Waals surface area contributed by atoms with Gasteiger partial charge in [-0.05, 0) is 6.92 Å². The molecule has 0 saturated carbocycles. The van der Waals surface area contributed by atoms with Gasteiger partial charge in [0, 0.05) is 37.5 Å². The number of carbonyl (C=O) groups is 1. The molecule has 0 N–H and O–H groups in total. The first-order chi connectivity index (χ1) is 9.62. The first-order valence-corrected chi connectivity index (χ1v) is 6.55. The molecule has 1 aliphatic rings. The summed E-state index contributed by atoms with van der Waals surface area (Å²) in [5.41, 5.74) is 1.84. The minimum absolute atomic E-state index is 0.329. The van der Waals surface area contributed by atoms with Crippen molar-refractivity contribution in [2.75, 3.05) is 33.9 Å². The second kappa shape index (κ2) is 6.67. The number of nitrogens with zero attached hydrogens (tertiary/aromatic N) is 2. The Balaban J connectivity index is 2.02. The number of hydrogen-bond acceptors (Lipinski definition) is 6. The summed E-state index contributed by atoms with van der Waals surface area (Å²) in [7, 11) is 3.01. The fourth-order valence-electron chi connectivity index (χ4n) is 2.25. The number of rotatable bonds is 4. The average Bonchev–Trinajstić information content (AvgIpc) is 2.46. The van der Waals surface area contributed by atoms with Gasteiger partial charge in [0.25, 0.3) is 0 Å².